The van der Waals surface area contributed by atoms with E-state index in [1.165, 1.54) is 0 Å². The summed E-state index contributed by atoms with van der Waals surface area (Å²) in [6.45, 7) is 3.22. The number of hydrogen-bond acceptors (Lipinski definition) is 15. The van der Waals surface area contributed by atoms with Gasteiger partial charge < -0.3 is 69.3 Å². The summed E-state index contributed by atoms with van der Waals surface area (Å²) in [5.41, 5.74) is -3.20. The summed E-state index contributed by atoms with van der Waals surface area (Å²) in [5.74, 6) is -0.830. The van der Waals surface area contributed by atoms with Gasteiger partial charge in [0.05, 0.1) is 35.4 Å². The van der Waals surface area contributed by atoms with Crippen LogP contribution in [-0.2, 0) is 33.3 Å². The van der Waals surface area contributed by atoms with Gasteiger partial charge in [-0.3, -0.25) is 0 Å². The molecule has 15 heteroatoms. The normalized spacial score (nSPS) is 55.0. The highest BCUT2D eigenvalue weighted by Crippen LogP contribution is 2.70. The topological polar surface area (TPSA) is 242 Å². The number of fused-ring (bicyclic) bond motifs is 5. The molecule has 4 saturated carbocycles. The summed E-state index contributed by atoms with van der Waals surface area (Å²) in [4.78, 5) is 25.1. The second-order valence-electron chi connectivity index (χ2n) is 16.2. The van der Waals surface area contributed by atoms with Crippen molar-refractivity contribution in [2.75, 3.05) is 13.2 Å². The van der Waals surface area contributed by atoms with Crippen LogP contribution in [0.25, 0.3) is 0 Å². The Labute approximate surface area is 290 Å². The predicted octanol–water partition coefficient (Wildman–Crippen LogP) is -1.43. The average molecular weight is 713 g/mol. The number of rotatable bonds is 7. The lowest BCUT2D eigenvalue weighted by Crippen LogP contribution is -2.69. The minimum Gasteiger partial charge on any atom is -0.458 e. The van der Waals surface area contributed by atoms with Gasteiger partial charge in [0, 0.05) is 17.9 Å². The fourth-order valence-electron chi connectivity index (χ4n) is 11.3. The Hall–Kier alpha value is -1.60. The van der Waals surface area contributed by atoms with Crippen LogP contribution >= 0.6 is 0 Å². The van der Waals surface area contributed by atoms with Crippen molar-refractivity contribution >= 4 is 12.3 Å². The first-order valence-electron chi connectivity index (χ1n) is 18.0. The number of carbonyl (C=O) groups excluding carboxylic acids is 2. The Morgan fingerprint density at radius 2 is 1.56 bits per heavy atom. The standard InChI is InChI=1S/C35H52O15/c1-16-29(50-31-27(42)25(40)24(39)22(13-36)49-31)26(41)28(43)30(47-16)48-18-3-8-33(15-37)20-4-7-32(2)19(17-11-23(38)46-14-17)6-10-35(32,45)21(20)5-9-34(33,44)12-18/h11,15-16,18-22,24-31,36,39-45H,3-10,12-14H2,1-2H3/t16-,18+,19?,20?,21?,22-,24-,25-,26+,27-,28-,29-,30+,31+,32-,33+,34+,35+/m1/s1. The molecular weight excluding hydrogens is 660 g/mol. The minimum atomic E-state index is -1.71. The minimum absolute atomic E-state index is 0.00102. The van der Waals surface area contributed by atoms with Crippen molar-refractivity contribution in [2.45, 2.75) is 150 Å². The second-order valence-corrected chi connectivity index (χ2v) is 16.2. The van der Waals surface area contributed by atoms with Crippen molar-refractivity contribution in [1.29, 1.82) is 0 Å². The van der Waals surface area contributed by atoms with Crippen molar-refractivity contribution in [1.82, 2.24) is 0 Å². The van der Waals surface area contributed by atoms with Crippen molar-refractivity contribution in [3.05, 3.63) is 11.6 Å². The lowest BCUT2D eigenvalue weighted by atomic mass is 9.41. The highest BCUT2D eigenvalue weighted by atomic mass is 16.7. The number of aldehydes is 1. The highest BCUT2D eigenvalue weighted by Gasteiger charge is 2.71. The molecule has 50 heavy (non-hydrogen) atoms. The highest BCUT2D eigenvalue weighted by molar-refractivity contribution is 5.85. The fourth-order valence-corrected chi connectivity index (χ4v) is 11.3. The molecular formula is C35H52O15. The monoisotopic (exact) mass is 712 g/mol. The number of aliphatic hydroxyl groups is 8. The van der Waals surface area contributed by atoms with Crippen LogP contribution < -0.4 is 0 Å². The summed E-state index contributed by atoms with van der Waals surface area (Å²) in [6.07, 6.45) is -8.63. The van der Waals surface area contributed by atoms with Crippen LogP contribution in [0.15, 0.2) is 11.6 Å². The van der Waals surface area contributed by atoms with E-state index in [1.807, 2.05) is 0 Å². The Morgan fingerprint density at radius 3 is 2.24 bits per heavy atom. The van der Waals surface area contributed by atoms with Crippen LogP contribution in [0.4, 0.5) is 0 Å². The molecule has 3 heterocycles. The van der Waals surface area contributed by atoms with E-state index in [0.717, 1.165) is 18.3 Å². The lowest BCUT2D eigenvalue weighted by molar-refractivity contribution is -0.361. The lowest BCUT2D eigenvalue weighted by Gasteiger charge is -2.65. The Balaban J connectivity index is 1.02. The maximum absolute atomic E-state index is 13.2. The van der Waals surface area contributed by atoms with E-state index in [1.54, 1.807) is 13.0 Å². The molecule has 6 fully saturated rings. The Morgan fingerprint density at radius 1 is 0.860 bits per heavy atom. The number of ether oxygens (including phenoxy) is 5. The van der Waals surface area contributed by atoms with E-state index in [9.17, 15) is 50.4 Å². The van der Waals surface area contributed by atoms with E-state index in [-0.39, 0.29) is 43.2 Å². The summed E-state index contributed by atoms with van der Waals surface area (Å²) in [5, 5.41) is 87.0. The molecule has 7 rings (SSSR count). The van der Waals surface area contributed by atoms with E-state index >= 15 is 0 Å². The number of hydrogen-bond donors (Lipinski definition) is 8. The fraction of sp³-hybridized carbons (Fsp3) is 0.886. The second kappa shape index (κ2) is 13.1. The van der Waals surface area contributed by atoms with Crippen molar-refractivity contribution in [3.63, 3.8) is 0 Å². The smallest absolute Gasteiger partial charge is 0.331 e. The maximum atomic E-state index is 13.2. The molecule has 0 aromatic carbocycles. The van der Waals surface area contributed by atoms with Crippen LogP contribution in [-0.4, -0.2) is 145 Å². The number of esters is 1. The molecule has 2 saturated heterocycles. The van der Waals surface area contributed by atoms with Crippen molar-refractivity contribution in [3.8, 4) is 0 Å². The van der Waals surface area contributed by atoms with Gasteiger partial charge in [0.1, 0.15) is 55.6 Å². The van der Waals surface area contributed by atoms with Crippen LogP contribution in [0.5, 0.6) is 0 Å². The molecule has 4 aliphatic carbocycles. The zero-order valence-electron chi connectivity index (χ0n) is 28.5. The number of carbonyl (C=O) groups is 2. The molecule has 3 aliphatic heterocycles. The Bertz CT molecular complexity index is 1340. The van der Waals surface area contributed by atoms with Crippen LogP contribution in [0, 0.1) is 28.6 Å². The zero-order chi connectivity index (χ0) is 36.0. The Kier molecular flexibility index (Phi) is 9.60. The molecule has 0 aromatic heterocycles. The van der Waals surface area contributed by atoms with Gasteiger partial charge in [0.15, 0.2) is 12.6 Å². The van der Waals surface area contributed by atoms with Gasteiger partial charge in [-0.2, -0.15) is 0 Å². The number of cyclic esters (lactones) is 1. The maximum Gasteiger partial charge on any atom is 0.331 e. The molecule has 3 unspecified atom stereocenters. The molecule has 0 aromatic rings. The summed E-state index contributed by atoms with van der Waals surface area (Å²) in [6, 6.07) is 0. The van der Waals surface area contributed by atoms with Gasteiger partial charge >= 0.3 is 5.97 Å². The first-order chi connectivity index (χ1) is 23.6. The molecule has 7 aliphatic rings. The predicted molar refractivity (Wildman–Crippen MR) is 167 cm³/mol. The van der Waals surface area contributed by atoms with Crippen LogP contribution in [0.1, 0.15) is 71.6 Å². The quantitative estimate of drug-likeness (QED) is 0.0858. The SMILES string of the molecule is C[C@H]1O[C@@H](O[C@H]2CC[C@]3(C=O)C4CC[C@]5(C)C(C6=CC(=O)OC6)CC[C@]5(O)C4CC[C@]3(O)C2)[C@H](O)[C@H](O)[C@@H]1O[C@@H]1O[C@H](CO)[C@@H](O)[C@@H](O)[C@H]1O. The van der Waals surface area contributed by atoms with Gasteiger partial charge in [-0.15, -0.1) is 0 Å². The third-order valence-electron chi connectivity index (χ3n) is 14.1. The molecule has 0 amide bonds. The van der Waals surface area contributed by atoms with E-state index < -0.39 is 96.2 Å². The molecule has 0 radical (unpaired) electrons. The van der Waals surface area contributed by atoms with E-state index in [2.05, 4.69) is 6.92 Å². The third-order valence-corrected chi connectivity index (χ3v) is 14.1. The largest absolute Gasteiger partial charge is 0.458 e. The van der Waals surface area contributed by atoms with Crippen LogP contribution in [0.2, 0.25) is 0 Å². The van der Waals surface area contributed by atoms with Gasteiger partial charge in [0.2, 0.25) is 0 Å². The number of aliphatic hydroxyl groups excluding tert-OH is 6. The molecule has 8 N–H and O–H groups in total. The third kappa shape index (κ3) is 5.37. The van der Waals surface area contributed by atoms with Crippen molar-refractivity contribution in [2.24, 2.45) is 28.6 Å². The first kappa shape index (κ1) is 36.7. The van der Waals surface area contributed by atoms with Crippen LogP contribution in [0.3, 0.4) is 0 Å². The van der Waals surface area contributed by atoms with E-state index in [0.29, 0.717) is 38.5 Å². The zero-order valence-corrected chi connectivity index (χ0v) is 28.5. The molecule has 0 spiro atoms. The molecule has 0 bridgehead atoms. The summed E-state index contributed by atoms with van der Waals surface area (Å²) < 4.78 is 28.4. The van der Waals surface area contributed by atoms with E-state index in [4.69, 9.17) is 23.7 Å². The van der Waals surface area contributed by atoms with Gasteiger partial charge in [-0.05, 0) is 81.6 Å². The van der Waals surface area contributed by atoms with Gasteiger partial charge in [-0.25, -0.2) is 4.79 Å². The molecule has 15 nitrogen and oxygen atoms in total. The van der Waals surface area contributed by atoms with Crippen molar-refractivity contribution < 1.29 is 74.1 Å². The first-order valence-corrected chi connectivity index (χ1v) is 18.0. The van der Waals surface area contributed by atoms with Gasteiger partial charge in [0.25, 0.3) is 0 Å². The summed E-state index contributed by atoms with van der Waals surface area (Å²) in [7, 11) is 0. The average Bonchev–Trinajstić information content (AvgIpc) is 3.64. The molecule has 282 valence electrons. The molecule has 18 atom stereocenters. The van der Waals surface area contributed by atoms with Gasteiger partial charge in [-0.1, -0.05) is 6.92 Å². The summed E-state index contributed by atoms with van der Waals surface area (Å²) >= 11 is 0.